The molecule has 0 atom stereocenters. The Kier molecular flexibility index (Phi) is 25.9. The van der Waals surface area contributed by atoms with Crippen molar-refractivity contribution in [3.63, 3.8) is 0 Å². The highest BCUT2D eigenvalue weighted by molar-refractivity contribution is 14.1. The number of halogens is 2. The summed E-state index contributed by atoms with van der Waals surface area (Å²) >= 11 is 4.97. The second kappa shape index (κ2) is 24.4. The van der Waals surface area contributed by atoms with Crippen LogP contribution in [-0.2, 0) is 0 Å². The maximum absolute atomic E-state index is 3.60. The predicted molar refractivity (Wildman–Crippen MR) is 129 cm³/mol. The Labute approximate surface area is 180 Å². The predicted octanol–water partition coefficient (Wildman–Crippen LogP) is 8.08. The van der Waals surface area contributed by atoms with Crippen LogP contribution in [0.1, 0.15) is 109 Å². The first-order chi connectivity index (χ1) is 11.9. The van der Waals surface area contributed by atoms with E-state index >= 15 is 0 Å². The minimum absolute atomic E-state index is 1.24. The van der Waals surface area contributed by atoms with Crippen molar-refractivity contribution in [2.45, 2.75) is 109 Å². The maximum atomic E-state index is 3.60. The van der Waals surface area contributed by atoms with Crippen molar-refractivity contribution in [3.05, 3.63) is 0 Å². The van der Waals surface area contributed by atoms with Gasteiger partial charge in [-0.1, -0.05) is 129 Å². The van der Waals surface area contributed by atoms with Gasteiger partial charge in [0.25, 0.3) is 0 Å². The van der Waals surface area contributed by atoms with E-state index in [9.17, 15) is 0 Å². The van der Waals surface area contributed by atoms with Gasteiger partial charge in [-0.05, 0) is 47.6 Å². The summed E-state index contributed by atoms with van der Waals surface area (Å²) in [6.07, 6.45) is 24.5. The molecule has 0 radical (unpaired) electrons. The Morgan fingerprint density at radius 1 is 0.333 bits per heavy atom. The minimum Gasteiger partial charge on any atom is -0.317 e. The van der Waals surface area contributed by atoms with E-state index < -0.39 is 0 Å². The molecule has 0 amide bonds. The summed E-state index contributed by atoms with van der Waals surface area (Å²) in [4.78, 5) is 0. The van der Waals surface area contributed by atoms with E-state index in [1.165, 1.54) is 131 Å². The van der Waals surface area contributed by atoms with Crippen LogP contribution in [0.15, 0.2) is 0 Å². The van der Waals surface area contributed by atoms with E-state index in [1.807, 2.05) is 0 Å². The Bertz CT molecular complexity index is 190. The fourth-order valence-electron chi connectivity index (χ4n) is 3.11. The van der Waals surface area contributed by atoms with Crippen molar-refractivity contribution in [2.75, 3.05) is 21.9 Å². The third-order valence-electron chi connectivity index (χ3n) is 4.72. The van der Waals surface area contributed by atoms with E-state index in [1.54, 1.807) is 0 Å². The van der Waals surface area contributed by atoms with Gasteiger partial charge < -0.3 is 5.32 Å². The van der Waals surface area contributed by atoms with Gasteiger partial charge in [-0.15, -0.1) is 0 Å². The lowest BCUT2D eigenvalue weighted by molar-refractivity contribution is 0.528. The van der Waals surface area contributed by atoms with Gasteiger partial charge in [-0.2, -0.15) is 0 Å². The van der Waals surface area contributed by atoms with E-state index in [0.29, 0.717) is 0 Å². The van der Waals surface area contributed by atoms with Gasteiger partial charge in [0.2, 0.25) is 0 Å². The molecule has 0 saturated heterocycles. The Balaban J connectivity index is 2.93. The van der Waals surface area contributed by atoms with Crippen molar-refractivity contribution in [3.8, 4) is 0 Å². The molecule has 0 unspecified atom stereocenters. The van der Waals surface area contributed by atoms with Gasteiger partial charge in [0.05, 0.1) is 0 Å². The van der Waals surface area contributed by atoms with Crippen LogP contribution in [0.2, 0.25) is 0 Å². The number of hydrogen-bond donors (Lipinski definition) is 1. The third-order valence-corrected chi connectivity index (χ3v) is 6.25. The molecule has 0 spiro atoms. The van der Waals surface area contributed by atoms with Crippen LogP contribution in [0.4, 0.5) is 0 Å². The Hall–Kier alpha value is 1.42. The molecular formula is C21H43I2N. The highest BCUT2D eigenvalue weighted by atomic mass is 127. The fourth-order valence-corrected chi connectivity index (χ4v) is 4.19. The average molecular weight is 563 g/mol. The van der Waals surface area contributed by atoms with Gasteiger partial charge >= 0.3 is 0 Å². The van der Waals surface area contributed by atoms with Crippen LogP contribution >= 0.6 is 45.2 Å². The molecule has 0 bridgehead atoms. The van der Waals surface area contributed by atoms with Crippen LogP contribution in [0.5, 0.6) is 0 Å². The summed E-state index contributed by atoms with van der Waals surface area (Å²) in [5.74, 6) is 0. The zero-order chi connectivity index (χ0) is 17.6. The molecule has 0 aromatic rings. The normalized spacial score (nSPS) is 11.2. The molecule has 0 aliphatic heterocycles. The van der Waals surface area contributed by atoms with E-state index in [-0.39, 0.29) is 0 Å². The van der Waals surface area contributed by atoms with Crippen LogP contribution in [0.25, 0.3) is 0 Å². The van der Waals surface area contributed by atoms with E-state index in [2.05, 4.69) is 50.5 Å². The number of unbranched alkanes of at least 4 members (excludes halogenated alkanes) is 15. The molecule has 0 aromatic heterocycles. The number of alkyl halides is 2. The maximum Gasteiger partial charge on any atom is -0.000473 e. The van der Waals surface area contributed by atoms with Crippen molar-refractivity contribution >= 4 is 45.2 Å². The molecule has 0 fully saturated rings. The topological polar surface area (TPSA) is 12.0 Å². The van der Waals surface area contributed by atoms with Crippen molar-refractivity contribution in [1.29, 1.82) is 0 Å². The van der Waals surface area contributed by atoms with Gasteiger partial charge in [0.15, 0.2) is 0 Å². The van der Waals surface area contributed by atoms with Gasteiger partial charge in [-0.3, -0.25) is 0 Å². The third kappa shape index (κ3) is 23.4. The molecule has 0 aliphatic carbocycles. The Morgan fingerprint density at radius 3 is 0.875 bits per heavy atom. The molecule has 0 aliphatic rings. The highest BCUT2D eigenvalue weighted by Gasteiger charge is 1.94. The lowest BCUT2D eigenvalue weighted by Gasteiger charge is -2.05. The second-order valence-electron chi connectivity index (χ2n) is 7.14. The number of hydrogen-bond acceptors (Lipinski definition) is 1. The monoisotopic (exact) mass is 563 g/mol. The van der Waals surface area contributed by atoms with Crippen LogP contribution in [-0.4, -0.2) is 21.9 Å². The molecule has 1 N–H and O–H groups in total. The summed E-state index contributed by atoms with van der Waals surface area (Å²) in [7, 11) is 0. The largest absolute Gasteiger partial charge is 0.317 e. The number of nitrogens with one attached hydrogen (secondary N) is 1. The average Bonchev–Trinajstić information content (AvgIpc) is 2.60. The molecule has 0 heterocycles. The van der Waals surface area contributed by atoms with Crippen LogP contribution < -0.4 is 5.32 Å². The van der Waals surface area contributed by atoms with E-state index in [4.69, 9.17) is 0 Å². The van der Waals surface area contributed by atoms with Gasteiger partial charge in [0.1, 0.15) is 0 Å². The Morgan fingerprint density at radius 2 is 0.583 bits per heavy atom. The summed E-state index contributed by atoms with van der Waals surface area (Å²) in [6, 6.07) is 0. The molecule has 0 aromatic carbocycles. The molecule has 3 heteroatoms. The van der Waals surface area contributed by atoms with Gasteiger partial charge in [-0.25, -0.2) is 0 Å². The smallest absolute Gasteiger partial charge is 0.000473 e. The highest BCUT2D eigenvalue weighted by Crippen LogP contribution is 2.12. The quantitative estimate of drug-likeness (QED) is 0.0846. The van der Waals surface area contributed by atoms with Crippen molar-refractivity contribution in [2.24, 2.45) is 0 Å². The summed E-state index contributed by atoms with van der Waals surface area (Å²) in [5.41, 5.74) is 0. The van der Waals surface area contributed by atoms with Crippen molar-refractivity contribution < 1.29 is 0 Å². The zero-order valence-corrected chi connectivity index (χ0v) is 20.4. The first kappa shape index (κ1) is 25.4. The van der Waals surface area contributed by atoms with E-state index in [0.717, 1.165) is 0 Å². The standard InChI is InChI=1S/C21H43I2N/c22-18-14-10-8-6-4-2-1-3-5-7-9-12-16-20-24-21-17-13-11-15-19-23/h24H,1-21H2. The molecule has 0 saturated carbocycles. The molecular weight excluding hydrogens is 520 g/mol. The lowest BCUT2D eigenvalue weighted by atomic mass is 10.0. The molecule has 146 valence electrons. The SMILES string of the molecule is ICCCCCCCCCCCCCCCNCCCCCCI. The summed E-state index contributed by atoms with van der Waals surface area (Å²) in [5, 5.41) is 3.60. The summed E-state index contributed by atoms with van der Waals surface area (Å²) < 4.78 is 2.66. The molecule has 24 heavy (non-hydrogen) atoms. The fraction of sp³-hybridized carbons (Fsp3) is 1.00. The van der Waals surface area contributed by atoms with Crippen LogP contribution in [0, 0.1) is 0 Å². The van der Waals surface area contributed by atoms with Crippen molar-refractivity contribution in [1.82, 2.24) is 5.32 Å². The van der Waals surface area contributed by atoms with Gasteiger partial charge in [0, 0.05) is 0 Å². The lowest BCUT2D eigenvalue weighted by Crippen LogP contribution is -2.16. The molecule has 0 rings (SSSR count). The minimum atomic E-state index is 1.24. The molecule has 1 nitrogen and oxygen atoms in total. The van der Waals surface area contributed by atoms with Crippen LogP contribution in [0.3, 0.4) is 0 Å². The first-order valence-electron chi connectivity index (χ1n) is 10.7. The first-order valence-corrected chi connectivity index (χ1v) is 13.8. The zero-order valence-electron chi connectivity index (χ0n) is 16.1. The summed E-state index contributed by atoms with van der Waals surface area (Å²) in [6.45, 7) is 2.48. The number of rotatable bonds is 21. The second-order valence-corrected chi connectivity index (χ2v) is 9.30.